The van der Waals surface area contributed by atoms with Crippen LogP contribution in [0.2, 0.25) is 0 Å². The van der Waals surface area contributed by atoms with Crippen molar-refractivity contribution in [2.75, 3.05) is 7.11 Å². The van der Waals surface area contributed by atoms with Gasteiger partial charge in [0.05, 0.1) is 23.3 Å². The van der Waals surface area contributed by atoms with E-state index in [1.807, 2.05) is 0 Å². The molecule has 31 heavy (non-hydrogen) atoms. The maximum Gasteiger partial charge on any atom is 0.357 e. The van der Waals surface area contributed by atoms with Crippen molar-refractivity contribution in [3.63, 3.8) is 0 Å². The van der Waals surface area contributed by atoms with Crippen molar-refractivity contribution < 1.29 is 19.6 Å². The minimum absolute atomic E-state index is 0.173. The molecule has 0 atom stereocenters. The third-order valence-electron chi connectivity index (χ3n) is 4.33. The highest BCUT2D eigenvalue weighted by Gasteiger charge is 2.21. The second-order valence-corrected chi connectivity index (χ2v) is 6.12. The molecule has 3 rings (SSSR count). The molecule has 3 aromatic rings. The van der Waals surface area contributed by atoms with E-state index in [0.717, 1.165) is 10.8 Å². The first-order valence-corrected chi connectivity index (χ1v) is 8.74. The molecule has 0 bridgehead atoms. The zero-order chi connectivity index (χ0) is 22.5. The fourth-order valence-corrected chi connectivity index (χ4v) is 2.83. The molecule has 10 nitrogen and oxygen atoms in total. The molecule has 10 heteroatoms. The van der Waals surface area contributed by atoms with E-state index in [1.165, 1.54) is 43.5 Å². The van der Waals surface area contributed by atoms with Crippen LogP contribution in [0.1, 0.15) is 27.2 Å². The molecule has 0 aliphatic rings. The molecule has 0 aliphatic heterocycles. The summed E-state index contributed by atoms with van der Waals surface area (Å²) < 4.78 is 5.86. The number of ether oxygens (including phenoxy) is 1. The Bertz CT molecular complexity index is 1300. The van der Waals surface area contributed by atoms with E-state index in [-0.39, 0.29) is 22.5 Å². The molecule has 0 amide bonds. The summed E-state index contributed by atoms with van der Waals surface area (Å²) in [4.78, 5) is 35.3. The van der Waals surface area contributed by atoms with E-state index in [0.29, 0.717) is 5.75 Å². The summed E-state index contributed by atoms with van der Waals surface area (Å²) in [5, 5.41) is 34.3. The van der Waals surface area contributed by atoms with Crippen LogP contribution in [-0.2, 0) is 0 Å². The number of carboxylic acids is 1. The van der Waals surface area contributed by atoms with Crippen LogP contribution in [0.15, 0.2) is 53.3 Å². The van der Waals surface area contributed by atoms with Crippen LogP contribution in [-0.4, -0.2) is 32.9 Å². The van der Waals surface area contributed by atoms with Gasteiger partial charge in [0.2, 0.25) is 0 Å². The van der Waals surface area contributed by atoms with E-state index in [4.69, 9.17) is 4.74 Å². The van der Waals surface area contributed by atoms with E-state index >= 15 is 0 Å². The standard InChI is InChI=1S/C21H14N4O6/c1-31-15-9-7-14(8-10-15)24-20(26)17(12-22)16(19(23-24)21(27)28)11-6-13-4-2-3-5-18(13)25(29)30/h2-11H,1H3,(H,27,28)/b11-6+. The summed E-state index contributed by atoms with van der Waals surface area (Å²) in [7, 11) is 1.47. The third kappa shape index (κ3) is 4.15. The van der Waals surface area contributed by atoms with Crippen molar-refractivity contribution in [1.29, 1.82) is 5.26 Å². The highest BCUT2D eigenvalue weighted by molar-refractivity contribution is 5.93. The van der Waals surface area contributed by atoms with Crippen molar-refractivity contribution in [2.45, 2.75) is 0 Å². The van der Waals surface area contributed by atoms with Gasteiger partial charge in [-0.1, -0.05) is 18.2 Å². The second kappa shape index (κ2) is 8.71. The summed E-state index contributed by atoms with van der Waals surface area (Å²) in [5.41, 5.74) is -1.90. The largest absolute Gasteiger partial charge is 0.497 e. The van der Waals surface area contributed by atoms with Gasteiger partial charge in [-0.05, 0) is 36.4 Å². The van der Waals surface area contributed by atoms with Crippen LogP contribution < -0.4 is 10.3 Å². The number of aromatic nitrogens is 2. The average Bonchev–Trinajstić information content (AvgIpc) is 2.77. The fraction of sp³-hybridized carbons (Fsp3) is 0.0476. The summed E-state index contributed by atoms with van der Waals surface area (Å²) in [6.07, 6.45) is 2.43. The Morgan fingerprint density at radius 1 is 1.23 bits per heavy atom. The molecular weight excluding hydrogens is 404 g/mol. The monoisotopic (exact) mass is 418 g/mol. The number of carboxylic acid groups (broad SMARTS) is 1. The normalized spacial score (nSPS) is 10.6. The number of rotatable bonds is 6. The van der Waals surface area contributed by atoms with Crippen LogP contribution in [0.5, 0.6) is 5.75 Å². The van der Waals surface area contributed by atoms with Gasteiger partial charge in [0.25, 0.3) is 11.2 Å². The second-order valence-electron chi connectivity index (χ2n) is 6.12. The molecule has 0 spiro atoms. The van der Waals surface area contributed by atoms with Gasteiger partial charge in [0.1, 0.15) is 17.4 Å². The molecule has 1 heterocycles. The first-order chi connectivity index (χ1) is 14.9. The third-order valence-corrected chi connectivity index (χ3v) is 4.33. The van der Waals surface area contributed by atoms with Gasteiger partial charge < -0.3 is 9.84 Å². The topological polar surface area (TPSA) is 148 Å². The molecule has 0 aliphatic carbocycles. The Kier molecular flexibility index (Phi) is 5.88. The molecule has 0 unspecified atom stereocenters. The number of nitro groups is 1. The lowest BCUT2D eigenvalue weighted by atomic mass is 10.1. The number of hydrogen-bond donors (Lipinski definition) is 1. The minimum atomic E-state index is -1.47. The number of aromatic carboxylic acids is 1. The quantitative estimate of drug-likeness (QED) is 0.474. The summed E-state index contributed by atoms with van der Waals surface area (Å²) in [6.45, 7) is 0. The van der Waals surface area contributed by atoms with E-state index in [2.05, 4.69) is 5.10 Å². The lowest BCUT2D eigenvalue weighted by molar-refractivity contribution is -0.385. The number of carbonyl (C=O) groups is 1. The van der Waals surface area contributed by atoms with Gasteiger partial charge >= 0.3 is 5.97 Å². The Morgan fingerprint density at radius 2 is 1.90 bits per heavy atom. The van der Waals surface area contributed by atoms with Crippen LogP contribution in [0.25, 0.3) is 17.8 Å². The maximum atomic E-state index is 12.8. The highest BCUT2D eigenvalue weighted by Crippen LogP contribution is 2.22. The van der Waals surface area contributed by atoms with Gasteiger partial charge in [-0.15, -0.1) is 0 Å². The molecule has 0 radical (unpaired) electrons. The number of para-hydroxylation sites is 1. The zero-order valence-electron chi connectivity index (χ0n) is 16.1. The Morgan fingerprint density at radius 3 is 2.48 bits per heavy atom. The van der Waals surface area contributed by atoms with Gasteiger partial charge in [-0.2, -0.15) is 15.0 Å². The minimum Gasteiger partial charge on any atom is -0.497 e. The predicted octanol–water partition coefficient (Wildman–Crippen LogP) is 2.89. The Balaban J connectivity index is 2.21. The first-order valence-electron chi connectivity index (χ1n) is 8.74. The van der Waals surface area contributed by atoms with Crippen LogP contribution in [0.3, 0.4) is 0 Å². The molecule has 0 saturated heterocycles. The number of methoxy groups -OCH3 is 1. The highest BCUT2D eigenvalue weighted by atomic mass is 16.6. The number of nitrogens with zero attached hydrogens (tertiary/aromatic N) is 4. The molecule has 0 saturated carbocycles. The molecule has 0 fully saturated rings. The van der Waals surface area contributed by atoms with Crippen LogP contribution in [0.4, 0.5) is 5.69 Å². The molecule has 154 valence electrons. The van der Waals surface area contributed by atoms with Crippen molar-refractivity contribution in [1.82, 2.24) is 9.78 Å². The predicted molar refractivity (Wildman–Crippen MR) is 110 cm³/mol. The van der Waals surface area contributed by atoms with Gasteiger partial charge in [-0.3, -0.25) is 14.9 Å². The van der Waals surface area contributed by atoms with Gasteiger partial charge in [0.15, 0.2) is 5.69 Å². The number of nitriles is 1. The number of nitro benzene ring substituents is 1. The van der Waals surface area contributed by atoms with Crippen molar-refractivity contribution in [2.24, 2.45) is 0 Å². The summed E-state index contributed by atoms with van der Waals surface area (Å²) >= 11 is 0. The average molecular weight is 418 g/mol. The fourth-order valence-electron chi connectivity index (χ4n) is 2.83. The lowest BCUT2D eigenvalue weighted by Crippen LogP contribution is -2.28. The van der Waals surface area contributed by atoms with Crippen LogP contribution in [0, 0.1) is 21.4 Å². The van der Waals surface area contributed by atoms with Crippen molar-refractivity contribution >= 4 is 23.8 Å². The van der Waals surface area contributed by atoms with Crippen molar-refractivity contribution in [3.05, 3.63) is 91.4 Å². The van der Waals surface area contributed by atoms with E-state index < -0.39 is 27.7 Å². The maximum absolute atomic E-state index is 12.8. The number of hydrogen-bond acceptors (Lipinski definition) is 7. The molecule has 2 aromatic carbocycles. The molecule has 1 aromatic heterocycles. The van der Waals surface area contributed by atoms with E-state index in [9.17, 15) is 30.1 Å². The molecular formula is C21H14N4O6. The lowest BCUT2D eigenvalue weighted by Gasteiger charge is -2.10. The Labute approximate surface area is 175 Å². The van der Waals surface area contributed by atoms with E-state index in [1.54, 1.807) is 24.3 Å². The Hall–Kier alpha value is -4.78. The molecule has 1 N–H and O–H groups in total. The van der Waals surface area contributed by atoms with Gasteiger partial charge in [0, 0.05) is 11.6 Å². The smallest absolute Gasteiger partial charge is 0.357 e. The van der Waals surface area contributed by atoms with Crippen LogP contribution >= 0.6 is 0 Å². The number of benzene rings is 2. The first kappa shape index (κ1) is 20.9. The zero-order valence-corrected chi connectivity index (χ0v) is 16.1. The summed E-state index contributed by atoms with van der Waals surface area (Å²) in [5.74, 6) is -0.958. The van der Waals surface area contributed by atoms with Crippen molar-refractivity contribution in [3.8, 4) is 17.5 Å². The van der Waals surface area contributed by atoms with Gasteiger partial charge in [-0.25, -0.2) is 4.79 Å². The summed E-state index contributed by atoms with van der Waals surface area (Å²) in [6, 6.07) is 13.6. The SMILES string of the molecule is COc1ccc(-n2nc(C(=O)O)c(/C=C/c3ccccc3[N+](=O)[O-])c(C#N)c2=O)cc1.